The molecule has 1 rings (SSSR count). The van der Waals surface area contributed by atoms with E-state index < -0.39 is 15.7 Å². The molecule has 0 heterocycles. The second-order valence-electron chi connectivity index (χ2n) is 5.54. The van der Waals surface area contributed by atoms with Crippen LogP contribution >= 0.6 is 0 Å². The van der Waals surface area contributed by atoms with Crippen LogP contribution in [0.5, 0.6) is 0 Å². The summed E-state index contributed by atoms with van der Waals surface area (Å²) in [4.78, 5) is 0.0276. The first-order valence-electron chi connectivity index (χ1n) is 5.53. The van der Waals surface area contributed by atoms with Crippen LogP contribution in [0.2, 0.25) is 0 Å². The highest BCUT2D eigenvalue weighted by Gasteiger charge is 2.24. The highest BCUT2D eigenvalue weighted by atomic mass is 32.2. The van der Waals surface area contributed by atoms with Crippen molar-refractivity contribution in [2.24, 2.45) is 5.41 Å². The lowest BCUT2D eigenvalue weighted by Crippen LogP contribution is -2.16. The zero-order valence-corrected chi connectivity index (χ0v) is 11.7. The summed E-state index contributed by atoms with van der Waals surface area (Å²) < 4.78 is 36.5. The molecule has 0 aliphatic heterocycles. The van der Waals surface area contributed by atoms with E-state index in [4.69, 9.17) is 0 Å². The van der Waals surface area contributed by atoms with Gasteiger partial charge < -0.3 is 0 Å². The Hall–Kier alpha value is -0.900. The lowest BCUT2D eigenvalue weighted by atomic mass is 9.78. The van der Waals surface area contributed by atoms with Crippen LogP contribution < -0.4 is 0 Å². The minimum atomic E-state index is -3.34. The quantitative estimate of drug-likeness (QED) is 0.815. The summed E-state index contributed by atoms with van der Waals surface area (Å²) in [6, 6.07) is 4.14. The van der Waals surface area contributed by atoms with E-state index in [-0.39, 0.29) is 16.2 Å². The summed E-state index contributed by atoms with van der Waals surface area (Å²) in [6.07, 6.45) is 1.08. The topological polar surface area (TPSA) is 34.1 Å². The third-order valence-electron chi connectivity index (χ3n) is 3.17. The van der Waals surface area contributed by atoms with E-state index in [1.807, 2.05) is 27.7 Å². The van der Waals surface area contributed by atoms with E-state index >= 15 is 0 Å². The SMILES string of the molecule is C[C@@H](c1ccc(S(C)(=O)=O)cc1F)C(C)(C)C. The molecule has 0 saturated carbocycles. The maximum absolute atomic E-state index is 13.9. The molecule has 0 saturated heterocycles. The largest absolute Gasteiger partial charge is 0.224 e. The Morgan fingerprint density at radius 1 is 1.24 bits per heavy atom. The van der Waals surface area contributed by atoms with E-state index in [0.29, 0.717) is 5.56 Å². The van der Waals surface area contributed by atoms with E-state index in [9.17, 15) is 12.8 Å². The van der Waals surface area contributed by atoms with Gasteiger partial charge in [0.05, 0.1) is 4.90 Å². The van der Waals surface area contributed by atoms with Gasteiger partial charge in [0.2, 0.25) is 0 Å². The fraction of sp³-hybridized carbons (Fsp3) is 0.538. The van der Waals surface area contributed by atoms with Gasteiger partial charge in [-0.05, 0) is 29.0 Å². The third kappa shape index (κ3) is 3.28. The van der Waals surface area contributed by atoms with Gasteiger partial charge in [-0.25, -0.2) is 12.8 Å². The second kappa shape index (κ2) is 4.41. The molecular weight excluding hydrogens is 239 g/mol. The standard InChI is InChI=1S/C13H19FO2S/c1-9(13(2,3)4)11-7-6-10(8-12(11)14)17(5,15)16/h6-9H,1-5H3/t9-/m0/s1. The predicted octanol–water partition coefficient (Wildman–Crippen LogP) is 3.38. The predicted molar refractivity (Wildman–Crippen MR) is 67.4 cm³/mol. The van der Waals surface area contributed by atoms with Gasteiger partial charge in [0.1, 0.15) is 5.82 Å². The fourth-order valence-corrected chi connectivity index (χ4v) is 2.19. The zero-order chi connectivity index (χ0) is 13.4. The van der Waals surface area contributed by atoms with Crippen LogP contribution in [0.25, 0.3) is 0 Å². The van der Waals surface area contributed by atoms with E-state index in [1.165, 1.54) is 6.07 Å². The molecule has 1 atom stereocenters. The van der Waals surface area contributed by atoms with Crippen molar-refractivity contribution in [2.45, 2.75) is 38.5 Å². The van der Waals surface area contributed by atoms with Crippen LogP contribution in [0.1, 0.15) is 39.2 Å². The van der Waals surface area contributed by atoms with Crippen LogP contribution in [0.15, 0.2) is 23.1 Å². The third-order valence-corrected chi connectivity index (χ3v) is 4.28. The number of benzene rings is 1. The van der Waals surface area contributed by atoms with Gasteiger partial charge >= 0.3 is 0 Å². The van der Waals surface area contributed by atoms with Crippen molar-refractivity contribution in [1.29, 1.82) is 0 Å². The Morgan fingerprint density at radius 3 is 2.12 bits per heavy atom. The van der Waals surface area contributed by atoms with Gasteiger partial charge in [-0.15, -0.1) is 0 Å². The van der Waals surface area contributed by atoms with E-state index in [1.54, 1.807) is 6.07 Å². The van der Waals surface area contributed by atoms with Gasteiger partial charge in [-0.3, -0.25) is 0 Å². The average Bonchev–Trinajstić information content (AvgIpc) is 2.13. The molecule has 0 spiro atoms. The molecule has 1 aromatic rings. The first-order chi connectivity index (χ1) is 7.53. The fourth-order valence-electron chi connectivity index (χ4n) is 1.56. The van der Waals surface area contributed by atoms with Crippen molar-refractivity contribution < 1.29 is 12.8 Å². The number of halogens is 1. The second-order valence-corrected chi connectivity index (χ2v) is 7.56. The molecule has 0 aliphatic rings. The Labute approximate surface area is 103 Å². The molecule has 0 amide bonds. The first kappa shape index (κ1) is 14.2. The van der Waals surface area contributed by atoms with Crippen LogP contribution in [0.4, 0.5) is 4.39 Å². The smallest absolute Gasteiger partial charge is 0.175 e. The molecule has 0 bridgehead atoms. The Kier molecular flexibility index (Phi) is 3.67. The molecule has 2 nitrogen and oxygen atoms in total. The van der Waals surface area contributed by atoms with Crippen LogP contribution in [-0.4, -0.2) is 14.7 Å². The summed E-state index contributed by atoms with van der Waals surface area (Å²) in [5.74, 6) is -0.425. The van der Waals surface area contributed by atoms with Crippen molar-refractivity contribution in [3.05, 3.63) is 29.6 Å². The van der Waals surface area contributed by atoms with Gasteiger partial charge in [-0.1, -0.05) is 33.8 Å². The molecule has 17 heavy (non-hydrogen) atoms. The molecule has 96 valence electrons. The Bertz CT molecular complexity index is 513. The van der Waals surface area contributed by atoms with E-state index in [2.05, 4.69) is 0 Å². The molecule has 0 aliphatic carbocycles. The lowest BCUT2D eigenvalue weighted by molar-refractivity contribution is 0.331. The first-order valence-corrected chi connectivity index (χ1v) is 7.42. The lowest BCUT2D eigenvalue weighted by Gasteiger charge is -2.28. The highest BCUT2D eigenvalue weighted by Crippen LogP contribution is 2.36. The normalized spacial score (nSPS) is 14.7. The molecule has 0 radical (unpaired) electrons. The highest BCUT2D eigenvalue weighted by molar-refractivity contribution is 7.90. The Morgan fingerprint density at radius 2 is 1.76 bits per heavy atom. The number of hydrogen-bond donors (Lipinski definition) is 0. The summed E-state index contributed by atoms with van der Waals surface area (Å²) >= 11 is 0. The summed E-state index contributed by atoms with van der Waals surface area (Å²) in [5.41, 5.74) is 0.498. The molecule has 4 heteroatoms. The molecule has 0 N–H and O–H groups in total. The van der Waals surface area contributed by atoms with Gasteiger partial charge in [0.25, 0.3) is 0 Å². The van der Waals surface area contributed by atoms with Crippen molar-refractivity contribution in [2.75, 3.05) is 6.26 Å². The minimum absolute atomic E-state index is 0.0242. The number of hydrogen-bond acceptors (Lipinski definition) is 2. The molecule has 1 aromatic carbocycles. The summed E-state index contributed by atoms with van der Waals surface area (Å²) in [5, 5.41) is 0. The maximum atomic E-state index is 13.9. The zero-order valence-electron chi connectivity index (χ0n) is 10.9. The molecular formula is C13H19FO2S. The maximum Gasteiger partial charge on any atom is 0.175 e. The van der Waals surface area contributed by atoms with Crippen molar-refractivity contribution in [3.8, 4) is 0 Å². The number of rotatable bonds is 2. The average molecular weight is 258 g/mol. The summed E-state index contributed by atoms with van der Waals surface area (Å²) in [6.45, 7) is 8.03. The van der Waals surface area contributed by atoms with Crippen LogP contribution in [-0.2, 0) is 9.84 Å². The minimum Gasteiger partial charge on any atom is -0.224 e. The molecule has 0 fully saturated rings. The van der Waals surface area contributed by atoms with Crippen LogP contribution in [0.3, 0.4) is 0 Å². The summed E-state index contributed by atoms with van der Waals surface area (Å²) in [7, 11) is -3.34. The van der Waals surface area contributed by atoms with Crippen molar-refractivity contribution in [1.82, 2.24) is 0 Å². The Balaban J connectivity index is 3.24. The van der Waals surface area contributed by atoms with Gasteiger partial charge in [-0.2, -0.15) is 0 Å². The van der Waals surface area contributed by atoms with E-state index in [0.717, 1.165) is 12.3 Å². The van der Waals surface area contributed by atoms with Crippen molar-refractivity contribution >= 4 is 9.84 Å². The van der Waals surface area contributed by atoms with Gasteiger partial charge in [0, 0.05) is 6.26 Å². The molecule has 0 aromatic heterocycles. The van der Waals surface area contributed by atoms with Crippen molar-refractivity contribution in [3.63, 3.8) is 0 Å². The van der Waals surface area contributed by atoms with Gasteiger partial charge in [0.15, 0.2) is 9.84 Å². The monoisotopic (exact) mass is 258 g/mol. The number of sulfone groups is 1. The molecule has 0 unspecified atom stereocenters. The van der Waals surface area contributed by atoms with Crippen LogP contribution in [0, 0.1) is 11.2 Å².